The maximum atomic E-state index is 5.40. The van der Waals surface area contributed by atoms with Crippen LogP contribution >= 0.6 is 11.3 Å². The molecule has 0 saturated carbocycles. The van der Waals surface area contributed by atoms with Crippen molar-refractivity contribution in [3.63, 3.8) is 0 Å². The first-order valence-corrected chi connectivity index (χ1v) is 8.22. The quantitative estimate of drug-likeness (QED) is 0.869. The van der Waals surface area contributed by atoms with E-state index in [1.165, 1.54) is 9.75 Å². The highest BCUT2D eigenvalue weighted by Crippen LogP contribution is 2.29. The average molecular weight is 306 g/mol. The number of thiophene rings is 1. The normalized spacial score (nSPS) is 17.3. The Bertz CT molecular complexity index is 584. The van der Waals surface area contributed by atoms with Crippen molar-refractivity contribution in [2.24, 2.45) is 0 Å². The van der Waals surface area contributed by atoms with Gasteiger partial charge in [-0.2, -0.15) is 4.98 Å². The van der Waals surface area contributed by atoms with Crippen molar-refractivity contribution in [1.29, 1.82) is 0 Å². The molecule has 1 aliphatic heterocycles. The maximum Gasteiger partial charge on any atom is 0.265 e. The van der Waals surface area contributed by atoms with Crippen molar-refractivity contribution in [2.45, 2.75) is 32.2 Å². The average Bonchev–Trinajstić information content (AvgIpc) is 3.09. The summed E-state index contributed by atoms with van der Waals surface area (Å²) in [5.41, 5.74) is 0. The number of hydrogen-bond donors (Lipinski definition) is 0. The zero-order chi connectivity index (χ0) is 14.8. The number of anilines is 1. The molecule has 1 saturated heterocycles. The lowest BCUT2D eigenvalue weighted by atomic mass is 9.97. The minimum absolute atomic E-state index is 0.410. The fourth-order valence-corrected chi connectivity index (χ4v) is 3.64. The first-order chi connectivity index (χ1) is 10.1. The minimum Gasteiger partial charge on any atom is -0.344 e. The van der Waals surface area contributed by atoms with Crippen molar-refractivity contribution in [3.8, 4) is 0 Å². The predicted molar refractivity (Wildman–Crippen MR) is 84.9 cm³/mol. The highest BCUT2D eigenvalue weighted by Gasteiger charge is 2.25. The molecule has 3 heterocycles. The van der Waals surface area contributed by atoms with Gasteiger partial charge in [0.05, 0.1) is 0 Å². The zero-order valence-corrected chi connectivity index (χ0v) is 13.7. The summed E-state index contributed by atoms with van der Waals surface area (Å²) in [5.74, 6) is 1.87. The summed E-state index contributed by atoms with van der Waals surface area (Å²) in [6, 6.07) is 4.45. The van der Waals surface area contributed by atoms with Crippen LogP contribution in [0, 0.1) is 6.92 Å². The molecule has 0 unspecified atom stereocenters. The van der Waals surface area contributed by atoms with E-state index in [1.54, 1.807) is 0 Å². The molecule has 0 atom stereocenters. The van der Waals surface area contributed by atoms with Gasteiger partial charge in [0.25, 0.3) is 5.95 Å². The fraction of sp³-hybridized carbons (Fsp3) is 0.600. The van der Waals surface area contributed by atoms with Gasteiger partial charge in [-0.1, -0.05) is 0 Å². The van der Waals surface area contributed by atoms with Crippen molar-refractivity contribution in [1.82, 2.24) is 15.0 Å². The molecule has 0 aromatic carbocycles. The highest BCUT2D eigenvalue weighted by molar-refractivity contribution is 7.11. The van der Waals surface area contributed by atoms with E-state index in [1.807, 2.05) is 30.3 Å². The van der Waals surface area contributed by atoms with Crippen LogP contribution in [0.25, 0.3) is 0 Å². The summed E-state index contributed by atoms with van der Waals surface area (Å²) >= 11 is 1.90. The lowest BCUT2D eigenvalue weighted by Crippen LogP contribution is -2.32. The first kappa shape index (κ1) is 14.5. The van der Waals surface area contributed by atoms with Crippen LogP contribution in [0.4, 0.5) is 5.95 Å². The Hall–Kier alpha value is -1.40. The van der Waals surface area contributed by atoms with Crippen molar-refractivity contribution in [3.05, 3.63) is 27.8 Å². The third-order valence-electron chi connectivity index (χ3n) is 3.94. The Morgan fingerprint density at radius 3 is 2.67 bits per heavy atom. The van der Waals surface area contributed by atoms with Crippen molar-refractivity contribution < 1.29 is 4.52 Å². The highest BCUT2D eigenvalue weighted by atomic mass is 32.1. The Balaban J connectivity index is 1.54. The second-order valence-electron chi connectivity index (χ2n) is 5.89. The van der Waals surface area contributed by atoms with E-state index < -0.39 is 0 Å². The van der Waals surface area contributed by atoms with Crippen LogP contribution in [-0.4, -0.2) is 42.2 Å². The Morgan fingerprint density at radius 2 is 2.10 bits per heavy atom. The molecule has 114 valence electrons. The van der Waals surface area contributed by atoms with Gasteiger partial charge in [0.1, 0.15) is 0 Å². The fourth-order valence-electron chi connectivity index (χ4n) is 2.70. The molecule has 0 spiro atoms. The summed E-state index contributed by atoms with van der Waals surface area (Å²) in [5, 5.41) is 4.01. The maximum absolute atomic E-state index is 5.40. The summed E-state index contributed by atoms with van der Waals surface area (Å²) in [6.45, 7) is 5.43. The third kappa shape index (κ3) is 3.44. The van der Waals surface area contributed by atoms with Crippen molar-refractivity contribution >= 4 is 17.3 Å². The first-order valence-electron chi connectivity index (χ1n) is 7.40. The van der Waals surface area contributed by atoms with Crippen LogP contribution in [0.2, 0.25) is 0 Å². The second-order valence-corrected chi connectivity index (χ2v) is 7.26. The summed E-state index contributed by atoms with van der Waals surface area (Å²) in [7, 11) is 3.86. The van der Waals surface area contributed by atoms with E-state index in [-0.39, 0.29) is 0 Å². The molecule has 5 nitrogen and oxygen atoms in total. The number of aryl methyl sites for hydroxylation is 1. The van der Waals surface area contributed by atoms with Crippen LogP contribution in [0.3, 0.4) is 0 Å². The molecule has 1 aliphatic rings. The van der Waals surface area contributed by atoms with Gasteiger partial charge < -0.3 is 9.42 Å². The Kier molecular flexibility index (Phi) is 4.26. The van der Waals surface area contributed by atoms with Crippen LogP contribution in [0.5, 0.6) is 0 Å². The largest absolute Gasteiger partial charge is 0.344 e. The molecule has 0 N–H and O–H groups in total. The molecule has 0 amide bonds. The molecule has 21 heavy (non-hydrogen) atoms. The summed E-state index contributed by atoms with van der Waals surface area (Å²) < 4.78 is 5.40. The number of likely N-dealkylation sites (tertiary alicyclic amines) is 1. The number of nitrogens with zero attached hydrogens (tertiary/aromatic N) is 4. The summed E-state index contributed by atoms with van der Waals surface area (Å²) in [4.78, 5) is 11.7. The topological polar surface area (TPSA) is 45.4 Å². The van der Waals surface area contributed by atoms with Gasteiger partial charge in [0.2, 0.25) is 5.89 Å². The standard InChI is InChI=1S/C15H22N4OS/c1-11-4-5-13(21-11)10-19-8-6-12(7-9-19)14-16-15(17-20-14)18(2)3/h4-5,12H,6-10H2,1-3H3. The molecule has 2 aromatic heterocycles. The third-order valence-corrected chi connectivity index (χ3v) is 4.93. The van der Waals surface area contributed by atoms with Crippen LogP contribution in [0.15, 0.2) is 16.7 Å². The molecule has 1 fully saturated rings. The molecule has 6 heteroatoms. The van der Waals surface area contributed by atoms with Gasteiger partial charge in [-0.25, -0.2) is 0 Å². The van der Waals surface area contributed by atoms with Gasteiger partial charge in [-0.05, 0) is 50.1 Å². The van der Waals surface area contributed by atoms with Gasteiger partial charge in [-0.15, -0.1) is 11.3 Å². The zero-order valence-electron chi connectivity index (χ0n) is 12.9. The monoisotopic (exact) mass is 306 g/mol. The van der Waals surface area contributed by atoms with E-state index in [4.69, 9.17) is 4.52 Å². The lowest BCUT2D eigenvalue weighted by Gasteiger charge is -2.29. The molecule has 0 aliphatic carbocycles. The van der Waals surface area contributed by atoms with E-state index in [2.05, 4.69) is 34.1 Å². The smallest absolute Gasteiger partial charge is 0.265 e. The molecule has 0 bridgehead atoms. The van der Waals surface area contributed by atoms with Gasteiger partial charge >= 0.3 is 0 Å². The SMILES string of the molecule is Cc1ccc(CN2CCC(c3nc(N(C)C)no3)CC2)s1. The minimum atomic E-state index is 0.410. The van der Waals surface area contributed by atoms with E-state index in [0.29, 0.717) is 11.9 Å². The molecule has 3 rings (SSSR count). The van der Waals surface area contributed by atoms with Crippen LogP contribution < -0.4 is 4.90 Å². The van der Waals surface area contributed by atoms with E-state index in [9.17, 15) is 0 Å². The molecular formula is C15H22N4OS. The number of piperidine rings is 1. The van der Waals surface area contributed by atoms with Crippen molar-refractivity contribution in [2.75, 3.05) is 32.1 Å². The van der Waals surface area contributed by atoms with E-state index >= 15 is 0 Å². The second kappa shape index (κ2) is 6.15. The number of rotatable bonds is 4. The Labute approximate surface area is 129 Å². The van der Waals surface area contributed by atoms with Crippen LogP contribution in [-0.2, 0) is 6.54 Å². The number of hydrogen-bond acceptors (Lipinski definition) is 6. The predicted octanol–water partition coefficient (Wildman–Crippen LogP) is 2.89. The Morgan fingerprint density at radius 1 is 1.33 bits per heavy atom. The van der Waals surface area contributed by atoms with E-state index in [0.717, 1.165) is 38.4 Å². The molecule has 0 radical (unpaired) electrons. The van der Waals surface area contributed by atoms with Gasteiger partial charge in [0, 0.05) is 36.3 Å². The summed E-state index contributed by atoms with van der Waals surface area (Å²) in [6.07, 6.45) is 2.19. The van der Waals surface area contributed by atoms with Gasteiger partial charge in [0.15, 0.2) is 0 Å². The molecule has 2 aromatic rings. The number of aromatic nitrogens is 2. The van der Waals surface area contributed by atoms with Gasteiger partial charge in [-0.3, -0.25) is 4.90 Å². The lowest BCUT2D eigenvalue weighted by molar-refractivity contribution is 0.189. The van der Waals surface area contributed by atoms with Crippen LogP contribution in [0.1, 0.15) is 34.4 Å². The molecular weight excluding hydrogens is 284 g/mol.